The van der Waals surface area contributed by atoms with Crippen LogP contribution in [0.5, 0.6) is 0 Å². The fourth-order valence-corrected chi connectivity index (χ4v) is 1.60. The first-order valence-corrected chi connectivity index (χ1v) is 5.11. The molecular formula is C12H14FN3. The van der Waals surface area contributed by atoms with Crippen molar-refractivity contribution >= 4 is 5.82 Å². The number of halogens is 1. The Hall–Kier alpha value is -1.84. The topological polar surface area (TPSA) is 43.8 Å². The van der Waals surface area contributed by atoms with Crippen molar-refractivity contribution in [2.24, 2.45) is 0 Å². The first-order chi connectivity index (χ1) is 7.56. The molecule has 0 fully saturated rings. The number of anilines is 1. The lowest BCUT2D eigenvalue weighted by Crippen LogP contribution is -2.06. The van der Waals surface area contributed by atoms with E-state index >= 15 is 0 Å². The molecule has 84 valence electrons. The minimum absolute atomic E-state index is 0.194. The van der Waals surface area contributed by atoms with Crippen LogP contribution in [-0.4, -0.2) is 9.78 Å². The van der Waals surface area contributed by atoms with Crippen LogP contribution in [-0.2, 0) is 6.54 Å². The molecule has 1 aromatic carbocycles. The number of nitrogens with two attached hydrogens (primary N) is 1. The van der Waals surface area contributed by atoms with Crippen molar-refractivity contribution < 1.29 is 4.39 Å². The van der Waals surface area contributed by atoms with Crippen molar-refractivity contribution in [3.8, 4) is 0 Å². The Balaban J connectivity index is 2.27. The zero-order chi connectivity index (χ0) is 11.7. The molecule has 0 aliphatic heterocycles. The maximum Gasteiger partial charge on any atom is 0.126 e. The molecule has 0 saturated heterocycles. The summed E-state index contributed by atoms with van der Waals surface area (Å²) in [6, 6.07) is 6.96. The smallest absolute Gasteiger partial charge is 0.126 e. The average molecular weight is 219 g/mol. The van der Waals surface area contributed by atoms with Gasteiger partial charge in [0.05, 0.1) is 12.2 Å². The van der Waals surface area contributed by atoms with Crippen LogP contribution in [0.15, 0.2) is 24.3 Å². The van der Waals surface area contributed by atoms with Gasteiger partial charge in [-0.2, -0.15) is 5.10 Å². The number of hydrogen-bond donors (Lipinski definition) is 1. The Labute approximate surface area is 93.7 Å². The van der Waals surface area contributed by atoms with E-state index in [1.165, 1.54) is 6.07 Å². The van der Waals surface area contributed by atoms with Gasteiger partial charge in [-0.05, 0) is 31.0 Å². The molecule has 4 heteroatoms. The zero-order valence-corrected chi connectivity index (χ0v) is 9.37. The standard InChI is InChI=1S/C12H14FN3/c1-8-3-4-10(6-11(8)13)7-16-12(14)5-9(2)15-16/h3-6H,7,14H2,1-2H3. The van der Waals surface area contributed by atoms with Gasteiger partial charge in [0.2, 0.25) is 0 Å². The molecule has 0 bridgehead atoms. The van der Waals surface area contributed by atoms with Crippen LogP contribution in [0, 0.1) is 19.7 Å². The van der Waals surface area contributed by atoms with Gasteiger partial charge in [0.1, 0.15) is 11.6 Å². The molecule has 16 heavy (non-hydrogen) atoms. The van der Waals surface area contributed by atoms with E-state index in [0.29, 0.717) is 17.9 Å². The van der Waals surface area contributed by atoms with Gasteiger partial charge in [-0.3, -0.25) is 0 Å². The summed E-state index contributed by atoms with van der Waals surface area (Å²) in [4.78, 5) is 0. The zero-order valence-electron chi connectivity index (χ0n) is 9.37. The Morgan fingerprint density at radius 3 is 2.62 bits per heavy atom. The second-order valence-corrected chi connectivity index (χ2v) is 3.95. The largest absolute Gasteiger partial charge is 0.384 e. The second kappa shape index (κ2) is 3.96. The third-order valence-corrected chi connectivity index (χ3v) is 2.50. The van der Waals surface area contributed by atoms with Gasteiger partial charge in [0.15, 0.2) is 0 Å². The molecular weight excluding hydrogens is 205 g/mol. The molecule has 0 amide bonds. The van der Waals surface area contributed by atoms with Gasteiger partial charge in [0.25, 0.3) is 0 Å². The molecule has 1 aromatic heterocycles. The number of rotatable bonds is 2. The fraction of sp³-hybridized carbons (Fsp3) is 0.250. The Morgan fingerprint density at radius 2 is 2.06 bits per heavy atom. The summed E-state index contributed by atoms with van der Waals surface area (Å²) in [5.41, 5.74) is 8.14. The molecule has 0 saturated carbocycles. The van der Waals surface area contributed by atoms with Crippen molar-refractivity contribution in [2.45, 2.75) is 20.4 Å². The number of nitrogen functional groups attached to an aromatic ring is 1. The van der Waals surface area contributed by atoms with Crippen molar-refractivity contribution in [1.82, 2.24) is 9.78 Å². The molecule has 0 aliphatic carbocycles. The lowest BCUT2D eigenvalue weighted by atomic mass is 10.1. The lowest BCUT2D eigenvalue weighted by Gasteiger charge is -2.05. The number of aromatic nitrogens is 2. The molecule has 0 unspecified atom stereocenters. The number of aryl methyl sites for hydroxylation is 2. The van der Waals surface area contributed by atoms with E-state index < -0.39 is 0 Å². The normalized spacial score (nSPS) is 10.7. The molecule has 1 heterocycles. The van der Waals surface area contributed by atoms with Crippen LogP contribution >= 0.6 is 0 Å². The van der Waals surface area contributed by atoms with Crippen molar-refractivity contribution in [1.29, 1.82) is 0 Å². The average Bonchev–Trinajstić information content (AvgIpc) is 2.51. The number of hydrogen-bond acceptors (Lipinski definition) is 2. The highest BCUT2D eigenvalue weighted by Gasteiger charge is 2.04. The van der Waals surface area contributed by atoms with E-state index in [1.54, 1.807) is 23.7 Å². The SMILES string of the molecule is Cc1cc(N)n(Cc2ccc(C)c(F)c2)n1. The third kappa shape index (κ3) is 2.05. The third-order valence-electron chi connectivity index (χ3n) is 2.50. The van der Waals surface area contributed by atoms with Crippen LogP contribution in [0.2, 0.25) is 0 Å². The minimum atomic E-state index is -0.194. The van der Waals surface area contributed by atoms with Crippen LogP contribution in [0.4, 0.5) is 10.2 Å². The Kier molecular flexibility index (Phi) is 2.64. The van der Waals surface area contributed by atoms with Crippen molar-refractivity contribution in [3.63, 3.8) is 0 Å². The van der Waals surface area contributed by atoms with E-state index in [-0.39, 0.29) is 5.82 Å². The van der Waals surface area contributed by atoms with Crippen molar-refractivity contribution in [2.75, 3.05) is 5.73 Å². The number of benzene rings is 1. The van der Waals surface area contributed by atoms with E-state index in [2.05, 4.69) is 5.10 Å². The first kappa shape index (κ1) is 10.7. The molecule has 0 aliphatic rings. The summed E-state index contributed by atoms with van der Waals surface area (Å²) in [6.07, 6.45) is 0. The summed E-state index contributed by atoms with van der Waals surface area (Å²) < 4.78 is 15.0. The van der Waals surface area contributed by atoms with Gasteiger partial charge in [-0.25, -0.2) is 9.07 Å². The molecule has 0 radical (unpaired) electrons. The predicted molar refractivity (Wildman–Crippen MR) is 61.6 cm³/mol. The van der Waals surface area contributed by atoms with E-state index in [4.69, 9.17) is 5.73 Å². The molecule has 3 nitrogen and oxygen atoms in total. The van der Waals surface area contributed by atoms with Gasteiger partial charge in [-0.1, -0.05) is 12.1 Å². The van der Waals surface area contributed by atoms with Crippen LogP contribution in [0.1, 0.15) is 16.8 Å². The molecule has 2 aromatic rings. The van der Waals surface area contributed by atoms with Gasteiger partial charge in [-0.15, -0.1) is 0 Å². The van der Waals surface area contributed by atoms with Gasteiger partial charge in [0, 0.05) is 6.07 Å². The second-order valence-electron chi connectivity index (χ2n) is 3.95. The van der Waals surface area contributed by atoms with Gasteiger partial charge >= 0.3 is 0 Å². The lowest BCUT2D eigenvalue weighted by molar-refractivity contribution is 0.611. The minimum Gasteiger partial charge on any atom is -0.384 e. The van der Waals surface area contributed by atoms with E-state index in [9.17, 15) is 4.39 Å². The number of nitrogens with zero attached hydrogens (tertiary/aromatic N) is 2. The van der Waals surface area contributed by atoms with Crippen LogP contribution < -0.4 is 5.73 Å². The monoisotopic (exact) mass is 219 g/mol. The maximum absolute atomic E-state index is 13.3. The summed E-state index contributed by atoms with van der Waals surface area (Å²) in [7, 11) is 0. The Bertz CT molecular complexity index is 517. The van der Waals surface area contributed by atoms with Gasteiger partial charge < -0.3 is 5.73 Å². The molecule has 2 N–H and O–H groups in total. The quantitative estimate of drug-likeness (QED) is 0.842. The predicted octanol–water partition coefficient (Wildman–Crippen LogP) is 2.27. The van der Waals surface area contributed by atoms with Crippen molar-refractivity contribution in [3.05, 3.63) is 46.9 Å². The summed E-state index contributed by atoms with van der Waals surface area (Å²) in [5, 5.41) is 4.23. The fourth-order valence-electron chi connectivity index (χ4n) is 1.60. The Morgan fingerprint density at radius 1 is 1.31 bits per heavy atom. The highest BCUT2D eigenvalue weighted by molar-refractivity contribution is 5.32. The highest BCUT2D eigenvalue weighted by atomic mass is 19.1. The highest BCUT2D eigenvalue weighted by Crippen LogP contribution is 2.13. The summed E-state index contributed by atoms with van der Waals surface area (Å²) in [5.74, 6) is 0.401. The summed E-state index contributed by atoms with van der Waals surface area (Å²) >= 11 is 0. The molecule has 0 spiro atoms. The molecule has 0 atom stereocenters. The van der Waals surface area contributed by atoms with E-state index in [1.807, 2.05) is 13.0 Å². The van der Waals surface area contributed by atoms with Crippen LogP contribution in [0.25, 0.3) is 0 Å². The summed E-state index contributed by atoms with van der Waals surface area (Å²) in [6.45, 7) is 4.12. The van der Waals surface area contributed by atoms with Crippen LogP contribution in [0.3, 0.4) is 0 Å². The first-order valence-electron chi connectivity index (χ1n) is 5.11. The molecule has 2 rings (SSSR count). The maximum atomic E-state index is 13.3. The van der Waals surface area contributed by atoms with E-state index in [0.717, 1.165) is 11.3 Å².